The highest BCUT2D eigenvalue weighted by Gasteiger charge is 2.15. The largest absolute Gasteiger partial charge is 0.329 e. The Kier molecular flexibility index (Phi) is 3.31. The number of rotatable bonds is 2. The number of aldehydes is 1. The summed E-state index contributed by atoms with van der Waals surface area (Å²) in [6.45, 7) is 0. The Morgan fingerprint density at radius 3 is 2.29 bits per heavy atom. The molecular weight excluding hydrogens is 261 g/mol. The minimum Gasteiger partial charge on any atom is -0.329 e. The number of nitrogens with one attached hydrogen (secondary N) is 1. The van der Waals surface area contributed by atoms with Crippen molar-refractivity contribution < 1.29 is 4.79 Å². The van der Waals surface area contributed by atoms with Crippen LogP contribution in [0, 0.1) is 0 Å². The third-order valence-electron chi connectivity index (χ3n) is 2.33. The molecule has 0 aliphatic carbocycles. The van der Waals surface area contributed by atoms with Crippen LogP contribution < -0.4 is 5.56 Å². The molecule has 0 saturated carbocycles. The molecule has 1 aromatic carbocycles. The molecule has 0 radical (unpaired) electrons. The molecular formula is C12H7Cl2NO2. The van der Waals surface area contributed by atoms with Gasteiger partial charge in [0.2, 0.25) is 0 Å². The van der Waals surface area contributed by atoms with E-state index in [0.29, 0.717) is 21.9 Å². The van der Waals surface area contributed by atoms with Crippen LogP contribution in [0.4, 0.5) is 0 Å². The average molecular weight is 268 g/mol. The Labute approximate surface area is 107 Å². The number of carbonyl (C=O) groups excluding carboxylic acids is 1. The maximum atomic E-state index is 11.8. The maximum absolute atomic E-state index is 11.8. The second-order valence-electron chi connectivity index (χ2n) is 3.35. The Morgan fingerprint density at radius 2 is 1.71 bits per heavy atom. The molecule has 1 aromatic heterocycles. The van der Waals surface area contributed by atoms with Crippen molar-refractivity contribution >= 4 is 29.5 Å². The van der Waals surface area contributed by atoms with E-state index in [1.54, 1.807) is 18.2 Å². The molecule has 0 aliphatic rings. The lowest BCUT2D eigenvalue weighted by Gasteiger charge is -2.07. The van der Waals surface area contributed by atoms with E-state index >= 15 is 0 Å². The van der Waals surface area contributed by atoms with Gasteiger partial charge in [-0.25, -0.2) is 0 Å². The first-order chi connectivity index (χ1) is 8.15. The third kappa shape index (κ3) is 2.12. The fourth-order valence-electron chi connectivity index (χ4n) is 1.59. The number of hydrogen-bond acceptors (Lipinski definition) is 2. The van der Waals surface area contributed by atoms with Gasteiger partial charge in [-0.2, -0.15) is 0 Å². The van der Waals surface area contributed by atoms with Crippen molar-refractivity contribution in [1.29, 1.82) is 0 Å². The van der Waals surface area contributed by atoms with Crippen molar-refractivity contribution in [3.63, 3.8) is 0 Å². The van der Waals surface area contributed by atoms with E-state index in [0.717, 1.165) is 0 Å². The summed E-state index contributed by atoms with van der Waals surface area (Å²) < 4.78 is 0. The standard InChI is InChI=1S/C12H7Cl2NO2/c13-8-2-1-3-9(14)11(8)10-7(6-16)4-5-15-12(10)17/h1-6H,(H,15,17). The van der Waals surface area contributed by atoms with E-state index in [1.807, 2.05) is 0 Å². The first-order valence-electron chi connectivity index (χ1n) is 4.76. The van der Waals surface area contributed by atoms with Gasteiger partial charge in [0.1, 0.15) is 0 Å². The SMILES string of the molecule is O=Cc1cc[nH]c(=O)c1-c1c(Cl)cccc1Cl. The number of benzene rings is 1. The minimum absolute atomic E-state index is 0.193. The molecule has 5 heteroatoms. The molecule has 1 N–H and O–H groups in total. The first-order valence-corrected chi connectivity index (χ1v) is 5.52. The smallest absolute Gasteiger partial charge is 0.256 e. The van der Waals surface area contributed by atoms with E-state index < -0.39 is 5.56 Å². The van der Waals surface area contributed by atoms with Gasteiger partial charge in [-0.05, 0) is 18.2 Å². The summed E-state index contributed by atoms with van der Waals surface area (Å²) in [7, 11) is 0. The van der Waals surface area contributed by atoms with Gasteiger partial charge in [-0.1, -0.05) is 29.3 Å². The number of pyridine rings is 1. The maximum Gasteiger partial charge on any atom is 0.256 e. The number of H-pyrrole nitrogens is 1. The van der Waals surface area contributed by atoms with E-state index in [2.05, 4.69) is 4.98 Å². The summed E-state index contributed by atoms with van der Waals surface area (Å²) in [5.74, 6) is 0. The van der Waals surface area contributed by atoms with Crippen LogP contribution in [0.3, 0.4) is 0 Å². The van der Waals surface area contributed by atoms with Crippen molar-refractivity contribution in [1.82, 2.24) is 4.98 Å². The molecule has 17 heavy (non-hydrogen) atoms. The molecule has 86 valence electrons. The normalized spacial score (nSPS) is 10.2. The Hall–Kier alpha value is -1.58. The summed E-state index contributed by atoms with van der Waals surface area (Å²) in [6.07, 6.45) is 2.00. The van der Waals surface area contributed by atoms with Gasteiger partial charge in [-0.3, -0.25) is 9.59 Å². The summed E-state index contributed by atoms with van der Waals surface area (Å²) in [4.78, 5) is 25.2. The molecule has 0 fully saturated rings. The number of aromatic nitrogens is 1. The van der Waals surface area contributed by atoms with Crippen LogP contribution in [-0.4, -0.2) is 11.3 Å². The predicted molar refractivity (Wildman–Crippen MR) is 67.9 cm³/mol. The van der Waals surface area contributed by atoms with Crippen molar-refractivity contribution in [2.75, 3.05) is 0 Å². The van der Waals surface area contributed by atoms with Gasteiger partial charge in [0.05, 0.1) is 15.6 Å². The molecule has 0 aliphatic heterocycles. The van der Waals surface area contributed by atoms with E-state index in [9.17, 15) is 9.59 Å². The predicted octanol–water partition coefficient (Wildman–Crippen LogP) is 3.16. The van der Waals surface area contributed by atoms with Crippen molar-refractivity contribution in [2.45, 2.75) is 0 Å². The molecule has 2 rings (SSSR count). The lowest BCUT2D eigenvalue weighted by Crippen LogP contribution is -2.11. The highest BCUT2D eigenvalue weighted by atomic mass is 35.5. The Morgan fingerprint density at radius 1 is 1.06 bits per heavy atom. The number of hydrogen-bond donors (Lipinski definition) is 1. The van der Waals surface area contributed by atoms with E-state index in [4.69, 9.17) is 23.2 Å². The molecule has 0 unspecified atom stereocenters. The van der Waals surface area contributed by atoms with Crippen LogP contribution >= 0.6 is 23.2 Å². The third-order valence-corrected chi connectivity index (χ3v) is 2.96. The Balaban J connectivity index is 2.86. The van der Waals surface area contributed by atoms with Gasteiger partial charge in [0.15, 0.2) is 6.29 Å². The molecule has 3 nitrogen and oxygen atoms in total. The second-order valence-corrected chi connectivity index (χ2v) is 4.17. The fraction of sp³-hybridized carbons (Fsp3) is 0. The number of aromatic amines is 1. The highest BCUT2D eigenvalue weighted by molar-refractivity contribution is 6.39. The van der Waals surface area contributed by atoms with Crippen LogP contribution in [0.2, 0.25) is 10.0 Å². The summed E-state index contributed by atoms with van der Waals surface area (Å²) in [5, 5.41) is 0.662. The van der Waals surface area contributed by atoms with E-state index in [-0.39, 0.29) is 11.1 Å². The zero-order valence-electron chi connectivity index (χ0n) is 8.54. The Bertz CT molecular complexity index is 614. The highest BCUT2D eigenvalue weighted by Crippen LogP contribution is 2.33. The lowest BCUT2D eigenvalue weighted by atomic mass is 10.0. The number of halogens is 2. The van der Waals surface area contributed by atoms with Crippen LogP contribution in [0.1, 0.15) is 10.4 Å². The molecule has 2 aromatic rings. The average Bonchev–Trinajstić information content (AvgIpc) is 2.30. The van der Waals surface area contributed by atoms with Gasteiger partial charge >= 0.3 is 0 Å². The van der Waals surface area contributed by atoms with Crippen LogP contribution in [-0.2, 0) is 0 Å². The van der Waals surface area contributed by atoms with E-state index in [1.165, 1.54) is 12.3 Å². The lowest BCUT2D eigenvalue weighted by molar-refractivity contribution is 0.112. The van der Waals surface area contributed by atoms with Gasteiger partial charge in [0, 0.05) is 17.3 Å². The van der Waals surface area contributed by atoms with Crippen LogP contribution in [0.15, 0.2) is 35.3 Å². The first kappa shape index (κ1) is 11.9. The molecule has 0 saturated heterocycles. The molecule has 0 bridgehead atoms. The van der Waals surface area contributed by atoms with Crippen molar-refractivity contribution in [2.24, 2.45) is 0 Å². The zero-order chi connectivity index (χ0) is 12.4. The monoisotopic (exact) mass is 267 g/mol. The molecule has 0 spiro atoms. The van der Waals surface area contributed by atoms with Crippen molar-refractivity contribution in [3.05, 3.63) is 56.4 Å². The van der Waals surface area contributed by atoms with Gasteiger partial charge in [-0.15, -0.1) is 0 Å². The summed E-state index contributed by atoms with van der Waals surface area (Å²) >= 11 is 12.0. The van der Waals surface area contributed by atoms with Crippen molar-refractivity contribution in [3.8, 4) is 11.1 Å². The quantitative estimate of drug-likeness (QED) is 0.850. The fourth-order valence-corrected chi connectivity index (χ4v) is 2.17. The topological polar surface area (TPSA) is 49.9 Å². The summed E-state index contributed by atoms with van der Waals surface area (Å²) in [6, 6.07) is 6.41. The van der Waals surface area contributed by atoms with Crippen LogP contribution in [0.25, 0.3) is 11.1 Å². The molecule has 0 atom stereocenters. The van der Waals surface area contributed by atoms with Gasteiger partial charge in [0.25, 0.3) is 5.56 Å². The second kappa shape index (κ2) is 4.73. The van der Waals surface area contributed by atoms with Crippen LogP contribution in [0.5, 0.6) is 0 Å². The minimum atomic E-state index is -0.399. The summed E-state index contributed by atoms with van der Waals surface area (Å²) in [5.41, 5.74) is 0.422. The molecule has 1 heterocycles. The zero-order valence-corrected chi connectivity index (χ0v) is 10.0. The number of carbonyl (C=O) groups is 1. The molecule has 0 amide bonds. The van der Waals surface area contributed by atoms with Gasteiger partial charge < -0.3 is 4.98 Å².